The second-order valence-corrected chi connectivity index (χ2v) is 5.86. The van der Waals surface area contributed by atoms with E-state index in [0.717, 1.165) is 32.0 Å². The molecule has 1 saturated heterocycles. The van der Waals surface area contributed by atoms with Gasteiger partial charge in [0, 0.05) is 37.4 Å². The third kappa shape index (κ3) is 4.32. The van der Waals surface area contributed by atoms with Gasteiger partial charge in [-0.2, -0.15) is 0 Å². The highest BCUT2D eigenvalue weighted by Crippen LogP contribution is 2.24. The molecule has 122 valence electrons. The van der Waals surface area contributed by atoms with Crippen molar-refractivity contribution in [2.24, 2.45) is 5.92 Å². The standard InChI is InChI=1S/C16H23F2N3O/c1-3-11(2)20-16(22)19-9-12-6-7-21(10-12)13-4-5-14(17)15(18)8-13/h4-5,8,11-12H,3,6-7,9-10H2,1-2H3,(H2,19,20,22)/t11-,12-/m0/s1. The second-order valence-electron chi connectivity index (χ2n) is 5.86. The molecule has 0 spiro atoms. The number of amides is 2. The van der Waals surface area contributed by atoms with Crippen LogP contribution in [0.25, 0.3) is 0 Å². The molecule has 2 N–H and O–H groups in total. The summed E-state index contributed by atoms with van der Waals surface area (Å²) in [6, 6.07) is 3.96. The molecule has 2 amide bonds. The number of urea groups is 1. The number of nitrogens with one attached hydrogen (secondary N) is 2. The number of hydrogen-bond donors (Lipinski definition) is 2. The summed E-state index contributed by atoms with van der Waals surface area (Å²) in [4.78, 5) is 13.7. The molecule has 22 heavy (non-hydrogen) atoms. The Balaban J connectivity index is 1.80. The molecule has 1 heterocycles. The minimum Gasteiger partial charge on any atom is -0.371 e. The summed E-state index contributed by atoms with van der Waals surface area (Å²) >= 11 is 0. The maximum atomic E-state index is 13.3. The first kappa shape index (κ1) is 16.5. The van der Waals surface area contributed by atoms with Gasteiger partial charge in [0.25, 0.3) is 0 Å². The van der Waals surface area contributed by atoms with E-state index in [1.165, 1.54) is 6.07 Å². The zero-order chi connectivity index (χ0) is 16.1. The topological polar surface area (TPSA) is 44.4 Å². The van der Waals surface area contributed by atoms with Gasteiger partial charge in [-0.15, -0.1) is 0 Å². The average molecular weight is 311 g/mol. The molecule has 1 fully saturated rings. The van der Waals surface area contributed by atoms with Crippen LogP contribution >= 0.6 is 0 Å². The van der Waals surface area contributed by atoms with E-state index in [1.54, 1.807) is 6.07 Å². The molecular formula is C16H23F2N3O. The summed E-state index contributed by atoms with van der Waals surface area (Å²) < 4.78 is 26.2. The first-order valence-corrected chi connectivity index (χ1v) is 7.74. The van der Waals surface area contributed by atoms with Crippen molar-refractivity contribution in [2.45, 2.75) is 32.7 Å². The monoisotopic (exact) mass is 311 g/mol. The molecule has 0 saturated carbocycles. The predicted molar refractivity (Wildman–Crippen MR) is 83.0 cm³/mol. The van der Waals surface area contributed by atoms with E-state index >= 15 is 0 Å². The highest BCUT2D eigenvalue weighted by Gasteiger charge is 2.23. The zero-order valence-electron chi connectivity index (χ0n) is 13.0. The summed E-state index contributed by atoms with van der Waals surface area (Å²) in [7, 11) is 0. The van der Waals surface area contributed by atoms with Crippen molar-refractivity contribution in [1.29, 1.82) is 0 Å². The summed E-state index contributed by atoms with van der Waals surface area (Å²) in [6.07, 6.45) is 1.81. The third-order valence-corrected chi connectivity index (χ3v) is 4.10. The van der Waals surface area contributed by atoms with Gasteiger partial charge in [-0.3, -0.25) is 0 Å². The largest absolute Gasteiger partial charge is 0.371 e. The second kappa shape index (κ2) is 7.42. The van der Waals surface area contributed by atoms with Crippen molar-refractivity contribution in [3.05, 3.63) is 29.8 Å². The lowest BCUT2D eigenvalue weighted by molar-refractivity contribution is 0.236. The molecule has 6 heteroatoms. The van der Waals surface area contributed by atoms with Crippen LogP contribution in [-0.2, 0) is 0 Å². The minimum absolute atomic E-state index is 0.152. The Morgan fingerprint density at radius 1 is 1.41 bits per heavy atom. The number of hydrogen-bond acceptors (Lipinski definition) is 2. The van der Waals surface area contributed by atoms with E-state index in [1.807, 2.05) is 18.7 Å². The molecule has 0 aromatic heterocycles. The van der Waals surface area contributed by atoms with Gasteiger partial charge in [-0.05, 0) is 37.8 Å². The SMILES string of the molecule is CC[C@H](C)NC(=O)NC[C@@H]1CCN(c2ccc(F)c(F)c2)C1. The lowest BCUT2D eigenvalue weighted by atomic mass is 10.1. The molecule has 1 aliphatic heterocycles. The molecule has 1 aromatic rings. The van der Waals surface area contributed by atoms with E-state index in [2.05, 4.69) is 10.6 Å². The Labute approximate surface area is 129 Å². The fourth-order valence-electron chi connectivity index (χ4n) is 2.53. The molecule has 0 unspecified atom stereocenters. The summed E-state index contributed by atoms with van der Waals surface area (Å²) in [6.45, 7) is 6.07. The predicted octanol–water partition coefficient (Wildman–Crippen LogP) is 2.89. The van der Waals surface area contributed by atoms with Crippen LogP contribution in [0.15, 0.2) is 18.2 Å². The van der Waals surface area contributed by atoms with Crippen molar-refractivity contribution in [3.63, 3.8) is 0 Å². The van der Waals surface area contributed by atoms with Crippen LogP contribution < -0.4 is 15.5 Å². The van der Waals surface area contributed by atoms with Gasteiger partial charge in [0.1, 0.15) is 0 Å². The Morgan fingerprint density at radius 2 is 2.18 bits per heavy atom. The van der Waals surface area contributed by atoms with Crippen molar-refractivity contribution in [2.75, 3.05) is 24.5 Å². The Hall–Kier alpha value is -1.85. The number of benzene rings is 1. The Kier molecular flexibility index (Phi) is 5.57. The third-order valence-electron chi connectivity index (χ3n) is 4.10. The normalized spacial score (nSPS) is 19.1. The van der Waals surface area contributed by atoms with Gasteiger partial charge in [0.05, 0.1) is 0 Å². The van der Waals surface area contributed by atoms with E-state index < -0.39 is 11.6 Å². The van der Waals surface area contributed by atoms with Crippen LogP contribution in [0.5, 0.6) is 0 Å². The van der Waals surface area contributed by atoms with Crippen molar-refractivity contribution < 1.29 is 13.6 Å². The molecule has 2 atom stereocenters. The molecule has 1 aromatic carbocycles. The van der Waals surface area contributed by atoms with Crippen molar-refractivity contribution in [3.8, 4) is 0 Å². The lowest BCUT2D eigenvalue weighted by Gasteiger charge is -2.19. The number of halogens is 2. The van der Waals surface area contributed by atoms with Crippen LogP contribution in [0.4, 0.5) is 19.3 Å². The maximum Gasteiger partial charge on any atom is 0.315 e. The first-order chi connectivity index (χ1) is 10.5. The van der Waals surface area contributed by atoms with E-state index in [0.29, 0.717) is 18.2 Å². The van der Waals surface area contributed by atoms with Gasteiger partial charge in [-0.1, -0.05) is 6.92 Å². The maximum absolute atomic E-state index is 13.3. The summed E-state index contributed by atoms with van der Waals surface area (Å²) in [5.74, 6) is -1.34. The molecule has 2 rings (SSSR count). The fraction of sp³-hybridized carbons (Fsp3) is 0.562. The molecule has 1 aliphatic rings. The van der Waals surface area contributed by atoms with Crippen LogP contribution in [0, 0.1) is 17.6 Å². The zero-order valence-corrected chi connectivity index (χ0v) is 13.0. The molecule has 4 nitrogen and oxygen atoms in total. The number of carbonyl (C=O) groups is 1. The van der Waals surface area contributed by atoms with Gasteiger partial charge in [0.15, 0.2) is 11.6 Å². The van der Waals surface area contributed by atoms with E-state index in [-0.39, 0.29) is 12.1 Å². The molecule has 0 aliphatic carbocycles. The van der Waals surface area contributed by atoms with Crippen LogP contribution in [0.2, 0.25) is 0 Å². The number of anilines is 1. The van der Waals surface area contributed by atoms with E-state index in [9.17, 15) is 13.6 Å². The molecular weight excluding hydrogens is 288 g/mol. The Morgan fingerprint density at radius 3 is 2.86 bits per heavy atom. The van der Waals surface area contributed by atoms with E-state index in [4.69, 9.17) is 0 Å². The van der Waals surface area contributed by atoms with Crippen LogP contribution in [0.1, 0.15) is 26.7 Å². The first-order valence-electron chi connectivity index (χ1n) is 7.74. The Bertz CT molecular complexity index is 524. The minimum atomic E-state index is -0.831. The molecule has 0 bridgehead atoms. The highest BCUT2D eigenvalue weighted by molar-refractivity contribution is 5.74. The highest BCUT2D eigenvalue weighted by atomic mass is 19.2. The van der Waals surface area contributed by atoms with Crippen LogP contribution in [0.3, 0.4) is 0 Å². The van der Waals surface area contributed by atoms with Crippen molar-refractivity contribution in [1.82, 2.24) is 10.6 Å². The number of rotatable bonds is 5. The quantitative estimate of drug-likeness (QED) is 0.878. The molecule has 0 radical (unpaired) electrons. The van der Waals surface area contributed by atoms with Gasteiger partial charge >= 0.3 is 6.03 Å². The summed E-state index contributed by atoms with van der Waals surface area (Å²) in [5, 5.41) is 5.73. The fourth-order valence-corrected chi connectivity index (χ4v) is 2.53. The number of nitrogens with zero attached hydrogens (tertiary/aromatic N) is 1. The average Bonchev–Trinajstić information content (AvgIpc) is 2.96. The van der Waals surface area contributed by atoms with Crippen molar-refractivity contribution >= 4 is 11.7 Å². The van der Waals surface area contributed by atoms with Gasteiger partial charge < -0.3 is 15.5 Å². The number of carbonyl (C=O) groups excluding carboxylic acids is 1. The smallest absolute Gasteiger partial charge is 0.315 e. The lowest BCUT2D eigenvalue weighted by Crippen LogP contribution is -2.42. The van der Waals surface area contributed by atoms with Gasteiger partial charge in [0.2, 0.25) is 0 Å². The van der Waals surface area contributed by atoms with Gasteiger partial charge in [-0.25, -0.2) is 13.6 Å². The summed E-state index contributed by atoms with van der Waals surface area (Å²) in [5.41, 5.74) is 0.686. The van der Waals surface area contributed by atoms with Crippen LogP contribution in [-0.4, -0.2) is 31.7 Å².